The molecular weight excluding hydrogens is 310 g/mol. The molecule has 126 valence electrons. The van der Waals surface area contributed by atoms with Crippen molar-refractivity contribution in [1.82, 2.24) is 4.98 Å². The van der Waals surface area contributed by atoms with E-state index in [1.165, 1.54) is 19.3 Å². The number of amides is 1. The maximum absolute atomic E-state index is 12.6. The SMILES string of the molecule is O=C(Nc1ccc2ccccc2c1)c1ccnc(N2CCCCC2)c1. The van der Waals surface area contributed by atoms with Crippen LogP contribution >= 0.6 is 0 Å². The van der Waals surface area contributed by atoms with Gasteiger partial charge in [0.1, 0.15) is 5.82 Å². The topological polar surface area (TPSA) is 45.2 Å². The summed E-state index contributed by atoms with van der Waals surface area (Å²) < 4.78 is 0. The Morgan fingerprint density at radius 2 is 1.72 bits per heavy atom. The summed E-state index contributed by atoms with van der Waals surface area (Å²) in [5, 5.41) is 5.27. The zero-order chi connectivity index (χ0) is 17.1. The molecule has 1 saturated heterocycles. The quantitative estimate of drug-likeness (QED) is 0.770. The number of piperidine rings is 1. The van der Waals surface area contributed by atoms with E-state index in [1.54, 1.807) is 12.3 Å². The van der Waals surface area contributed by atoms with Gasteiger partial charge in [-0.25, -0.2) is 4.98 Å². The van der Waals surface area contributed by atoms with Gasteiger partial charge in [-0.3, -0.25) is 4.79 Å². The predicted octanol–water partition coefficient (Wildman–Crippen LogP) is 4.48. The molecule has 4 rings (SSSR count). The summed E-state index contributed by atoms with van der Waals surface area (Å²) in [6.45, 7) is 2.03. The Bertz CT molecular complexity index is 900. The number of benzene rings is 2. The van der Waals surface area contributed by atoms with Gasteiger partial charge < -0.3 is 10.2 Å². The van der Waals surface area contributed by atoms with Crippen LogP contribution in [0.2, 0.25) is 0 Å². The van der Waals surface area contributed by atoms with Crippen LogP contribution in [0.4, 0.5) is 11.5 Å². The molecule has 1 aliphatic rings. The average Bonchev–Trinajstić information content (AvgIpc) is 2.69. The van der Waals surface area contributed by atoms with E-state index < -0.39 is 0 Å². The lowest BCUT2D eigenvalue weighted by atomic mass is 10.1. The predicted molar refractivity (Wildman–Crippen MR) is 102 cm³/mol. The Balaban J connectivity index is 1.53. The van der Waals surface area contributed by atoms with Crippen LogP contribution in [-0.4, -0.2) is 24.0 Å². The van der Waals surface area contributed by atoms with Crippen molar-refractivity contribution in [2.24, 2.45) is 0 Å². The molecule has 0 aliphatic carbocycles. The second kappa shape index (κ2) is 6.93. The summed E-state index contributed by atoms with van der Waals surface area (Å²) in [5.41, 5.74) is 1.45. The van der Waals surface area contributed by atoms with Crippen molar-refractivity contribution in [1.29, 1.82) is 0 Å². The molecule has 1 N–H and O–H groups in total. The Kier molecular flexibility index (Phi) is 4.34. The first kappa shape index (κ1) is 15.6. The molecule has 4 nitrogen and oxygen atoms in total. The number of hydrogen-bond donors (Lipinski definition) is 1. The first-order valence-electron chi connectivity index (χ1n) is 8.81. The Hall–Kier alpha value is -2.88. The van der Waals surface area contributed by atoms with Crippen LogP contribution in [0.25, 0.3) is 10.8 Å². The Morgan fingerprint density at radius 3 is 2.56 bits per heavy atom. The van der Waals surface area contributed by atoms with Gasteiger partial charge in [-0.15, -0.1) is 0 Å². The van der Waals surface area contributed by atoms with Crippen molar-refractivity contribution >= 4 is 28.2 Å². The number of anilines is 2. The van der Waals surface area contributed by atoms with Gasteiger partial charge in [0.15, 0.2) is 0 Å². The number of nitrogens with zero attached hydrogens (tertiary/aromatic N) is 2. The third kappa shape index (κ3) is 3.48. The molecule has 3 aromatic rings. The molecule has 2 aromatic carbocycles. The summed E-state index contributed by atoms with van der Waals surface area (Å²) in [5.74, 6) is 0.793. The second-order valence-electron chi connectivity index (χ2n) is 6.47. The summed E-state index contributed by atoms with van der Waals surface area (Å²) in [6.07, 6.45) is 5.38. The van der Waals surface area contributed by atoms with E-state index >= 15 is 0 Å². The minimum Gasteiger partial charge on any atom is -0.357 e. The molecule has 1 fully saturated rings. The van der Waals surface area contributed by atoms with E-state index in [1.807, 2.05) is 42.5 Å². The van der Waals surface area contributed by atoms with Gasteiger partial charge in [0.05, 0.1) is 0 Å². The third-order valence-corrected chi connectivity index (χ3v) is 4.70. The largest absolute Gasteiger partial charge is 0.357 e. The molecular formula is C21H21N3O. The Morgan fingerprint density at radius 1 is 0.920 bits per heavy atom. The smallest absolute Gasteiger partial charge is 0.255 e. The lowest BCUT2D eigenvalue weighted by Gasteiger charge is -2.27. The minimum absolute atomic E-state index is 0.101. The van der Waals surface area contributed by atoms with Crippen LogP contribution < -0.4 is 10.2 Å². The lowest BCUT2D eigenvalue weighted by Crippen LogP contribution is -2.30. The van der Waals surface area contributed by atoms with Crippen molar-refractivity contribution in [2.45, 2.75) is 19.3 Å². The highest BCUT2D eigenvalue weighted by molar-refractivity contribution is 6.05. The fourth-order valence-electron chi connectivity index (χ4n) is 3.33. The number of pyridine rings is 1. The van der Waals surface area contributed by atoms with E-state index in [2.05, 4.69) is 21.3 Å². The summed E-state index contributed by atoms with van der Waals surface area (Å²) >= 11 is 0. The molecule has 0 radical (unpaired) electrons. The highest BCUT2D eigenvalue weighted by Gasteiger charge is 2.14. The maximum Gasteiger partial charge on any atom is 0.255 e. The summed E-state index contributed by atoms with van der Waals surface area (Å²) in [4.78, 5) is 19.3. The van der Waals surface area contributed by atoms with E-state index in [0.717, 1.165) is 35.4 Å². The van der Waals surface area contributed by atoms with E-state index in [4.69, 9.17) is 0 Å². The molecule has 0 bridgehead atoms. The van der Waals surface area contributed by atoms with Crippen LogP contribution in [0.3, 0.4) is 0 Å². The molecule has 2 heterocycles. The van der Waals surface area contributed by atoms with Crippen molar-refractivity contribution < 1.29 is 4.79 Å². The summed E-state index contributed by atoms with van der Waals surface area (Å²) in [6, 6.07) is 17.7. The maximum atomic E-state index is 12.6. The number of rotatable bonds is 3. The third-order valence-electron chi connectivity index (χ3n) is 4.70. The molecule has 0 saturated carbocycles. The molecule has 1 aliphatic heterocycles. The van der Waals surface area contributed by atoms with Crippen LogP contribution in [0.5, 0.6) is 0 Å². The van der Waals surface area contributed by atoms with Gasteiger partial charge in [-0.2, -0.15) is 0 Å². The highest BCUT2D eigenvalue weighted by atomic mass is 16.1. The van der Waals surface area contributed by atoms with Crippen molar-refractivity contribution in [3.63, 3.8) is 0 Å². The number of carbonyl (C=O) groups is 1. The fourth-order valence-corrected chi connectivity index (χ4v) is 3.33. The first-order chi connectivity index (χ1) is 12.3. The molecule has 1 amide bonds. The van der Waals surface area contributed by atoms with Gasteiger partial charge in [-0.05, 0) is 54.3 Å². The first-order valence-corrected chi connectivity index (χ1v) is 8.81. The number of fused-ring (bicyclic) bond motifs is 1. The van der Waals surface area contributed by atoms with Crippen LogP contribution in [0.1, 0.15) is 29.6 Å². The average molecular weight is 331 g/mol. The molecule has 4 heteroatoms. The van der Waals surface area contributed by atoms with Gasteiger partial charge in [-0.1, -0.05) is 30.3 Å². The van der Waals surface area contributed by atoms with Gasteiger partial charge in [0, 0.05) is 30.5 Å². The summed E-state index contributed by atoms with van der Waals surface area (Å²) in [7, 11) is 0. The van der Waals surface area contributed by atoms with Crippen LogP contribution in [0.15, 0.2) is 60.8 Å². The highest BCUT2D eigenvalue weighted by Crippen LogP contribution is 2.21. The van der Waals surface area contributed by atoms with E-state index in [-0.39, 0.29) is 5.91 Å². The number of nitrogens with one attached hydrogen (secondary N) is 1. The van der Waals surface area contributed by atoms with E-state index in [0.29, 0.717) is 5.56 Å². The molecule has 25 heavy (non-hydrogen) atoms. The standard InChI is InChI=1S/C21H21N3O/c25-21(23-19-9-8-16-6-2-3-7-17(16)14-19)18-10-11-22-20(15-18)24-12-4-1-5-13-24/h2-3,6-11,14-15H,1,4-5,12-13H2,(H,23,25). The number of carbonyl (C=O) groups excluding carboxylic acids is 1. The van der Waals surface area contributed by atoms with Gasteiger partial charge >= 0.3 is 0 Å². The normalized spacial score (nSPS) is 14.5. The number of aromatic nitrogens is 1. The molecule has 0 spiro atoms. The van der Waals surface area contributed by atoms with Gasteiger partial charge in [0.2, 0.25) is 0 Å². The molecule has 0 atom stereocenters. The van der Waals surface area contributed by atoms with Crippen molar-refractivity contribution in [3.8, 4) is 0 Å². The second-order valence-corrected chi connectivity index (χ2v) is 6.47. The van der Waals surface area contributed by atoms with E-state index in [9.17, 15) is 4.79 Å². The van der Waals surface area contributed by atoms with Crippen LogP contribution in [-0.2, 0) is 0 Å². The molecule has 0 unspecified atom stereocenters. The van der Waals surface area contributed by atoms with Crippen LogP contribution in [0, 0.1) is 0 Å². The lowest BCUT2D eigenvalue weighted by molar-refractivity contribution is 0.102. The Labute approximate surface area is 147 Å². The monoisotopic (exact) mass is 331 g/mol. The fraction of sp³-hybridized carbons (Fsp3) is 0.238. The van der Waals surface area contributed by atoms with Crippen molar-refractivity contribution in [2.75, 3.05) is 23.3 Å². The number of hydrogen-bond acceptors (Lipinski definition) is 3. The molecule has 1 aromatic heterocycles. The van der Waals surface area contributed by atoms with Crippen molar-refractivity contribution in [3.05, 3.63) is 66.4 Å². The zero-order valence-electron chi connectivity index (χ0n) is 14.1. The zero-order valence-corrected chi connectivity index (χ0v) is 14.1. The minimum atomic E-state index is -0.101. The van der Waals surface area contributed by atoms with Gasteiger partial charge in [0.25, 0.3) is 5.91 Å².